The Balaban J connectivity index is 2.06. The van der Waals surface area contributed by atoms with Crippen LogP contribution in [0.2, 0.25) is 0 Å². The molecule has 1 aromatic rings. The first-order valence-electron chi connectivity index (χ1n) is 4.32. The summed E-state index contributed by atoms with van der Waals surface area (Å²) in [5.74, 6) is 1.18. The second kappa shape index (κ2) is 3.41. The fourth-order valence-corrected chi connectivity index (χ4v) is 2.09. The number of aromatic nitrogens is 2. The van der Waals surface area contributed by atoms with Crippen molar-refractivity contribution < 1.29 is 4.79 Å². The maximum atomic E-state index is 11.0. The third kappa shape index (κ3) is 1.85. The first-order valence-corrected chi connectivity index (χ1v) is 5.10. The lowest BCUT2D eigenvalue weighted by molar-refractivity contribution is -0.119. The summed E-state index contributed by atoms with van der Waals surface area (Å²) in [7, 11) is 0. The molecule has 0 aliphatic carbocycles. The zero-order valence-electron chi connectivity index (χ0n) is 7.49. The molecule has 0 atom stereocenters. The summed E-state index contributed by atoms with van der Waals surface area (Å²) < 4.78 is 4.11. The Kier molecular flexibility index (Phi) is 2.26. The average molecular weight is 197 g/mol. The van der Waals surface area contributed by atoms with Crippen LogP contribution in [0.5, 0.6) is 0 Å². The quantitative estimate of drug-likeness (QED) is 0.674. The van der Waals surface area contributed by atoms with Crippen molar-refractivity contribution in [1.82, 2.24) is 9.36 Å². The van der Waals surface area contributed by atoms with Crippen LogP contribution in [0.3, 0.4) is 0 Å². The Morgan fingerprint density at radius 1 is 1.38 bits per heavy atom. The third-order valence-electron chi connectivity index (χ3n) is 2.11. The van der Waals surface area contributed by atoms with Crippen molar-refractivity contribution in [3.8, 4) is 0 Å². The molecule has 1 saturated heterocycles. The topological polar surface area (TPSA) is 46.1 Å². The molecule has 0 bridgehead atoms. The number of Topliss-reactive ketones (excluding diaryl/α,β-unsaturated/α-hetero) is 1. The second-order valence-corrected chi connectivity index (χ2v) is 3.88. The van der Waals surface area contributed by atoms with Gasteiger partial charge in [0.05, 0.1) is 0 Å². The Hall–Kier alpha value is -0.970. The van der Waals surface area contributed by atoms with Crippen LogP contribution in [-0.2, 0) is 4.79 Å². The van der Waals surface area contributed by atoms with Gasteiger partial charge in [-0.2, -0.15) is 4.37 Å². The highest BCUT2D eigenvalue weighted by Gasteiger charge is 2.18. The number of rotatable bonds is 1. The number of hydrogen-bond donors (Lipinski definition) is 0. The summed E-state index contributed by atoms with van der Waals surface area (Å²) in [6, 6.07) is 0. The highest BCUT2D eigenvalue weighted by Crippen LogP contribution is 2.19. The lowest BCUT2D eigenvalue weighted by Gasteiger charge is -2.24. The molecule has 0 saturated carbocycles. The van der Waals surface area contributed by atoms with Crippen molar-refractivity contribution in [3.63, 3.8) is 0 Å². The molecule has 0 radical (unpaired) electrons. The van der Waals surface area contributed by atoms with E-state index < -0.39 is 0 Å². The number of nitrogens with zero attached hydrogens (tertiary/aromatic N) is 3. The predicted octanol–water partition coefficient (Wildman–Crippen LogP) is 1.02. The van der Waals surface area contributed by atoms with Gasteiger partial charge >= 0.3 is 0 Å². The molecule has 0 unspecified atom stereocenters. The number of piperidine rings is 1. The molecule has 0 amide bonds. The van der Waals surface area contributed by atoms with E-state index in [-0.39, 0.29) is 0 Å². The number of ketones is 1. The molecule has 0 N–H and O–H groups in total. The van der Waals surface area contributed by atoms with Crippen LogP contribution in [0.15, 0.2) is 0 Å². The first-order chi connectivity index (χ1) is 6.25. The van der Waals surface area contributed by atoms with Gasteiger partial charge in [-0.1, -0.05) is 0 Å². The SMILES string of the molecule is Cc1nsc(N2CCC(=O)CC2)n1. The smallest absolute Gasteiger partial charge is 0.205 e. The van der Waals surface area contributed by atoms with Crippen LogP contribution in [0.4, 0.5) is 5.13 Å². The monoisotopic (exact) mass is 197 g/mol. The zero-order valence-corrected chi connectivity index (χ0v) is 8.30. The van der Waals surface area contributed by atoms with Crippen molar-refractivity contribution in [3.05, 3.63) is 5.82 Å². The number of carbonyl (C=O) groups excluding carboxylic acids is 1. The van der Waals surface area contributed by atoms with Crippen LogP contribution in [0, 0.1) is 6.92 Å². The van der Waals surface area contributed by atoms with E-state index in [0.29, 0.717) is 18.6 Å². The number of aryl methyl sites for hydroxylation is 1. The fourth-order valence-electron chi connectivity index (χ4n) is 1.36. The lowest BCUT2D eigenvalue weighted by Crippen LogP contribution is -2.33. The van der Waals surface area contributed by atoms with Gasteiger partial charge in [0.15, 0.2) is 0 Å². The van der Waals surface area contributed by atoms with Crippen molar-refractivity contribution in [2.75, 3.05) is 18.0 Å². The van der Waals surface area contributed by atoms with E-state index in [1.54, 1.807) is 0 Å². The summed E-state index contributed by atoms with van der Waals surface area (Å²) in [4.78, 5) is 17.4. The molecule has 4 nitrogen and oxygen atoms in total. The number of carbonyl (C=O) groups is 1. The van der Waals surface area contributed by atoms with E-state index in [2.05, 4.69) is 14.3 Å². The van der Waals surface area contributed by atoms with Gasteiger partial charge < -0.3 is 4.90 Å². The van der Waals surface area contributed by atoms with E-state index in [4.69, 9.17) is 0 Å². The van der Waals surface area contributed by atoms with E-state index in [1.807, 2.05) is 6.92 Å². The Bertz CT molecular complexity index is 313. The van der Waals surface area contributed by atoms with Crippen LogP contribution in [0.25, 0.3) is 0 Å². The fraction of sp³-hybridized carbons (Fsp3) is 0.625. The van der Waals surface area contributed by atoms with Gasteiger partial charge in [0.1, 0.15) is 11.6 Å². The minimum atomic E-state index is 0.359. The van der Waals surface area contributed by atoms with E-state index >= 15 is 0 Å². The van der Waals surface area contributed by atoms with Crippen molar-refractivity contribution in [1.29, 1.82) is 0 Å². The van der Waals surface area contributed by atoms with Crippen LogP contribution >= 0.6 is 11.5 Å². The average Bonchev–Trinajstić information content (AvgIpc) is 2.53. The highest BCUT2D eigenvalue weighted by atomic mass is 32.1. The van der Waals surface area contributed by atoms with Crippen molar-refractivity contribution in [2.24, 2.45) is 0 Å². The molecule has 1 aliphatic rings. The van der Waals surface area contributed by atoms with Gasteiger partial charge in [-0.3, -0.25) is 4.79 Å². The van der Waals surface area contributed by atoms with Gasteiger partial charge in [-0.05, 0) is 6.92 Å². The number of anilines is 1. The summed E-state index contributed by atoms with van der Waals surface area (Å²) in [5, 5.41) is 0.949. The molecular weight excluding hydrogens is 186 g/mol. The molecule has 0 aromatic carbocycles. The van der Waals surface area contributed by atoms with Gasteiger partial charge in [0.2, 0.25) is 5.13 Å². The molecule has 2 heterocycles. The predicted molar refractivity (Wildman–Crippen MR) is 51.1 cm³/mol. The lowest BCUT2D eigenvalue weighted by atomic mass is 10.1. The van der Waals surface area contributed by atoms with Gasteiger partial charge in [-0.25, -0.2) is 4.98 Å². The van der Waals surface area contributed by atoms with Gasteiger partial charge in [0, 0.05) is 37.5 Å². The zero-order chi connectivity index (χ0) is 9.26. The van der Waals surface area contributed by atoms with Crippen LogP contribution in [-0.4, -0.2) is 28.2 Å². The molecule has 2 rings (SSSR count). The van der Waals surface area contributed by atoms with Crippen molar-refractivity contribution in [2.45, 2.75) is 19.8 Å². The Morgan fingerprint density at radius 3 is 2.62 bits per heavy atom. The van der Waals surface area contributed by atoms with Gasteiger partial charge in [-0.15, -0.1) is 0 Å². The molecule has 0 spiro atoms. The first kappa shape index (κ1) is 8.62. The standard InChI is InChI=1S/C8H11N3OS/c1-6-9-8(13-10-6)11-4-2-7(12)3-5-11/h2-5H2,1H3. The third-order valence-corrected chi connectivity index (χ3v) is 2.98. The largest absolute Gasteiger partial charge is 0.346 e. The summed E-state index contributed by atoms with van der Waals surface area (Å²) in [5.41, 5.74) is 0. The molecular formula is C8H11N3OS. The normalized spacial score (nSPS) is 17.9. The minimum absolute atomic E-state index is 0.359. The van der Waals surface area contributed by atoms with Crippen LogP contribution < -0.4 is 4.90 Å². The summed E-state index contributed by atoms with van der Waals surface area (Å²) in [6.07, 6.45) is 1.30. The van der Waals surface area contributed by atoms with Gasteiger partial charge in [0.25, 0.3) is 0 Å². The molecule has 1 fully saturated rings. The minimum Gasteiger partial charge on any atom is -0.346 e. The Labute approximate surface area is 80.8 Å². The molecule has 70 valence electrons. The summed E-state index contributed by atoms with van der Waals surface area (Å²) >= 11 is 1.41. The van der Waals surface area contributed by atoms with E-state index in [1.165, 1.54) is 11.5 Å². The van der Waals surface area contributed by atoms with Crippen LogP contribution in [0.1, 0.15) is 18.7 Å². The molecule has 5 heteroatoms. The summed E-state index contributed by atoms with van der Waals surface area (Å²) in [6.45, 7) is 3.48. The van der Waals surface area contributed by atoms with E-state index in [0.717, 1.165) is 24.0 Å². The van der Waals surface area contributed by atoms with E-state index in [9.17, 15) is 4.79 Å². The highest BCUT2D eigenvalue weighted by molar-refractivity contribution is 7.09. The molecule has 1 aromatic heterocycles. The molecule has 1 aliphatic heterocycles. The second-order valence-electron chi connectivity index (χ2n) is 3.15. The maximum Gasteiger partial charge on any atom is 0.205 e. The molecule has 13 heavy (non-hydrogen) atoms. The number of hydrogen-bond acceptors (Lipinski definition) is 5. The Morgan fingerprint density at radius 2 is 2.08 bits per heavy atom. The maximum absolute atomic E-state index is 11.0. The van der Waals surface area contributed by atoms with Crippen molar-refractivity contribution >= 4 is 22.4 Å².